The lowest BCUT2D eigenvalue weighted by Gasteiger charge is -2.25. The number of nitrogens with zero attached hydrogens (tertiary/aromatic N) is 2. The Kier molecular flexibility index (Phi) is 2.33. The fraction of sp³-hybridized carbons (Fsp3) is 0.600. The zero-order valence-corrected chi connectivity index (χ0v) is 6.01. The summed E-state index contributed by atoms with van der Waals surface area (Å²) >= 11 is 5.65. The summed E-state index contributed by atoms with van der Waals surface area (Å²) in [5.74, 6) is 0. The second-order valence-corrected chi connectivity index (χ2v) is 2.25. The van der Waals surface area contributed by atoms with Crippen LogP contribution in [0.25, 0.3) is 0 Å². The van der Waals surface area contributed by atoms with Gasteiger partial charge in [0.15, 0.2) is 0 Å². The van der Waals surface area contributed by atoms with E-state index < -0.39 is 0 Å². The summed E-state index contributed by atoms with van der Waals surface area (Å²) in [4.78, 5) is 4.88. The summed E-state index contributed by atoms with van der Waals surface area (Å²) in [7, 11) is 1.61. The molecule has 0 amide bonds. The quantitative estimate of drug-likeness (QED) is 0.512. The number of hydroxylamine groups is 2. The van der Waals surface area contributed by atoms with Crippen molar-refractivity contribution in [3.63, 3.8) is 0 Å². The largest absolute Gasteiger partial charge is 0.276 e. The molecule has 0 fully saturated rings. The van der Waals surface area contributed by atoms with Gasteiger partial charge in [-0.05, 0) is 11.8 Å². The van der Waals surface area contributed by atoms with E-state index in [1.54, 1.807) is 16.6 Å². The first-order chi connectivity index (χ1) is 4.33. The SMILES string of the molecule is CON1C=CCN(Cl)C1. The molecular weight excluding hydrogens is 140 g/mol. The molecule has 0 aliphatic carbocycles. The molecule has 9 heavy (non-hydrogen) atoms. The molecule has 0 aromatic heterocycles. The molecule has 0 unspecified atom stereocenters. The van der Waals surface area contributed by atoms with Gasteiger partial charge in [-0.2, -0.15) is 4.42 Å². The van der Waals surface area contributed by atoms with Gasteiger partial charge in [-0.25, -0.2) is 5.06 Å². The molecule has 0 aromatic rings. The van der Waals surface area contributed by atoms with Gasteiger partial charge in [0.1, 0.15) is 6.67 Å². The van der Waals surface area contributed by atoms with E-state index >= 15 is 0 Å². The lowest BCUT2D eigenvalue weighted by Crippen LogP contribution is -2.31. The number of hydrogen-bond acceptors (Lipinski definition) is 3. The van der Waals surface area contributed by atoms with E-state index in [0.29, 0.717) is 6.67 Å². The van der Waals surface area contributed by atoms with Gasteiger partial charge in [-0.15, -0.1) is 0 Å². The highest BCUT2D eigenvalue weighted by Crippen LogP contribution is 2.04. The maximum absolute atomic E-state index is 5.65. The molecule has 0 spiro atoms. The van der Waals surface area contributed by atoms with Crippen molar-refractivity contribution in [1.29, 1.82) is 0 Å². The number of rotatable bonds is 1. The summed E-state index contributed by atoms with van der Waals surface area (Å²) in [5, 5.41) is 1.65. The van der Waals surface area contributed by atoms with E-state index in [1.165, 1.54) is 0 Å². The first kappa shape index (κ1) is 6.86. The Morgan fingerprint density at radius 1 is 1.67 bits per heavy atom. The van der Waals surface area contributed by atoms with Crippen molar-refractivity contribution < 1.29 is 4.84 Å². The molecule has 1 heterocycles. The third kappa shape index (κ3) is 1.86. The van der Waals surface area contributed by atoms with Crippen molar-refractivity contribution >= 4 is 11.8 Å². The van der Waals surface area contributed by atoms with Crippen LogP contribution in [-0.4, -0.2) is 29.8 Å². The van der Waals surface area contributed by atoms with Crippen LogP contribution in [-0.2, 0) is 4.84 Å². The van der Waals surface area contributed by atoms with Crippen molar-refractivity contribution in [3.05, 3.63) is 12.3 Å². The average Bonchev–Trinajstić information content (AvgIpc) is 1.88. The smallest absolute Gasteiger partial charge is 0.111 e. The molecule has 0 saturated heterocycles. The van der Waals surface area contributed by atoms with Gasteiger partial charge in [0.05, 0.1) is 7.11 Å². The molecule has 0 N–H and O–H groups in total. The maximum Gasteiger partial charge on any atom is 0.111 e. The minimum atomic E-state index is 0.620. The van der Waals surface area contributed by atoms with E-state index in [4.69, 9.17) is 16.6 Å². The molecule has 1 aliphatic heterocycles. The highest BCUT2D eigenvalue weighted by molar-refractivity contribution is 6.13. The molecule has 0 aromatic carbocycles. The predicted molar refractivity (Wildman–Crippen MR) is 35.4 cm³/mol. The molecule has 1 aliphatic rings. The van der Waals surface area contributed by atoms with E-state index in [-0.39, 0.29) is 0 Å². The van der Waals surface area contributed by atoms with Gasteiger partial charge in [-0.3, -0.25) is 4.84 Å². The minimum absolute atomic E-state index is 0.620. The third-order valence-corrected chi connectivity index (χ3v) is 1.35. The second-order valence-electron chi connectivity index (χ2n) is 1.77. The predicted octanol–water partition coefficient (Wildman–Crippen LogP) is 0.790. The normalized spacial score (nSPS) is 20.9. The molecule has 0 bridgehead atoms. The van der Waals surface area contributed by atoms with Gasteiger partial charge in [0.2, 0.25) is 0 Å². The number of hydrogen-bond donors (Lipinski definition) is 0. The van der Waals surface area contributed by atoms with Crippen LogP contribution >= 0.6 is 11.8 Å². The Labute approximate surface area is 59.5 Å². The van der Waals surface area contributed by atoms with Crippen LogP contribution in [0, 0.1) is 0 Å². The Morgan fingerprint density at radius 3 is 2.89 bits per heavy atom. The van der Waals surface area contributed by atoms with E-state index in [0.717, 1.165) is 6.54 Å². The molecule has 0 saturated carbocycles. The fourth-order valence-electron chi connectivity index (χ4n) is 0.654. The summed E-state index contributed by atoms with van der Waals surface area (Å²) < 4.78 is 1.63. The molecule has 52 valence electrons. The Bertz CT molecular complexity index is 118. The van der Waals surface area contributed by atoms with E-state index in [1.807, 2.05) is 12.3 Å². The van der Waals surface area contributed by atoms with Crippen molar-refractivity contribution in [1.82, 2.24) is 9.48 Å². The monoisotopic (exact) mass is 148 g/mol. The highest BCUT2D eigenvalue weighted by atomic mass is 35.5. The summed E-state index contributed by atoms with van der Waals surface area (Å²) in [6.45, 7) is 1.40. The van der Waals surface area contributed by atoms with Gasteiger partial charge >= 0.3 is 0 Å². The summed E-state index contributed by atoms with van der Waals surface area (Å²) in [5.41, 5.74) is 0. The van der Waals surface area contributed by atoms with Gasteiger partial charge in [-0.1, -0.05) is 6.08 Å². The van der Waals surface area contributed by atoms with Gasteiger partial charge < -0.3 is 0 Å². The highest BCUT2D eigenvalue weighted by Gasteiger charge is 2.07. The van der Waals surface area contributed by atoms with Gasteiger partial charge in [0, 0.05) is 12.7 Å². The van der Waals surface area contributed by atoms with Crippen LogP contribution in [0.2, 0.25) is 0 Å². The summed E-state index contributed by atoms with van der Waals surface area (Å²) in [6.07, 6.45) is 3.79. The molecule has 4 heteroatoms. The zero-order chi connectivity index (χ0) is 6.69. The first-order valence-corrected chi connectivity index (χ1v) is 3.05. The van der Waals surface area contributed by atoms with Crippen molar-refractivity contribution in [2.24, 2.45) is 0 Å². The number of halogens is 1. The van der Waals surface area contributed by atoms with Crippen LogP contribution < -0.4 is 0 Å². The molecule has 0 radical (unpaired) electrons. The molecular formula is C5H9ClN2O. The van der Waals surface area contributed by atoms with Crippen LogP contribution in [0.4, 0.5) is 0 Å². The minimum Gasteiger partial charge on any atom is -0.276 e. The fourth-order valence-corrected chi connectivity index (χ4v) is 0.839. The molecule has 1 rings (SSSR count). The Hall–Kier alpha value is -0.250. The van der Waals surface area contributed by atoms with Crippen molar-refractivity contribution in [3.8, 4) is 0 Å². The van der Waals surface area contributed by atoms with Crippen LogP contribution in [0.15, 0.2) is 12.3 Å². The average molecular weight is 149 g/mol. The summed E-state index contributed by atoms with van der Waals surface area (Å²) in [6, 6.07) is 0. The van der Waals surface area contributed by atoms with Crippen molar-refractivity contribution in [2.45, 2.75) is 0 Å². The second kappa shape index (κ2) is 3.06. The Morgan fingerprint density at radius 2 is 2.44 bits per heavy atom. The zero-order valence-electron chi connectivity index (χ0n) is 5.25. The topological polar surface area (TPSA) is 15.7 Å². The van der Waals surface area contributed by atoms with Crippen molar-refractivity contribution in [2.75, 3.05) is 20.3 Å². The van der Waals surface area contributed by atoms with E-state index in [2.05, 4.69) is 0 Å². The van der Waals surface area contributed by atoms with Crippen LogP contribution in [0.5, 0.6) is 0 Å². The van der Waals surface area contributed by atoms with Crippen LogP contribution in [0.3, 0.4) is 0 Å². The maximum atomic E-state index is 5.65. The Balaban J connectivity index is 2.39. The van der Waals surface area contributed by atoms with E-state index in [9.17, 15) is 0 Å². The van der Waals surface area contributed by atoms with Crippen LogP contribution in [0.1, 0.15) is 0 Å². The third-order valence-electron chi connectivity index (χ3n) is 1.10. The molecule has 0 atom stereocenters. The lowest BCUT2D eigenvalue weighted by molar-refractivity contribution is -0.110. The standard InChI is InChI=1S/C5H9ClN2O/c1-9-8-4-2-3-7(6)5-8/h2,4H,3,5H2,1H3. The lowest BCUT2D eigenvalue weighted by atomic mass is 10.5. The molecule has 3 nitrogen and oxygen atoms in total. The van der Waals surface area contributed by atoms with Gasteiger partial charge in [0.25, 0.3) is 0 Å². The first-order valence-electron chi connectivity index (χ1n) is 2.71.